The van der Waals surface area contributed by atoms with Crippen molar-refractivity contribution in [1.82, 2.24) is 0 Å². The van der Waals surface area contributed by atoms with Gasteiger partial charge in [-0.15, -0.1) is 0 Å². The van der Waals surface area contributed by atoms with Crippen molar-refractivity contribution in [3.8, 4) is 16.9 Å². The van der Waals surface area contributed by atoms with Crippen molar-refractivity contribution >= 4 is 16.9 Å². The first kappa shape index (κ1) is 26.0. The summed E-state index contributed by atoms with van der Waals surface area (Å²) in [5.74, 6) is 1.18. The van der Waals surface area contributed by atoms with Gasteiger partial charge < -0.3 is 24.4 Å². The second-order valence-corrected chi connectivity index (χ2v) is 10.2. The van der Waals surface area contributed by atoms with Crippen molar-refractivity contribution < 1.29 is 23.4 Å². The highest BCUT2D eigenvalue weighted by Gasteiger charge is 2.22. The summed E-state index contributed by atoms with van der Waals surface area (Å²) in [4.78, 5) is 12.6. The summed E-state index contributed by atoms with van der Waals surface area (Å²) < 4.78 is 22.8. The molecule has 1 fully saturated rings. The highest BCUT2D eigenvalue weighted by molar-refractivity contribution is 5.93. The number of fused-ring (bicyclic) bond motifs is 1. The topological polar surface area (TPSA) is 83.9 Å². The summed E-state index contributed by atoms with van der Waals surface area (Å²) in [5, 5.41) is 1.01. The Kier molecular flexibility index (Phi) is 8.11. The Bertz CT molecular complexity index is 1400. The molecule has 1 aliphatic rings. The number of benzene rings is 3. The van der Waals surface area contributed by atoms with E-state index in [-0.39, 0.29) is 18.5 Å². The molecule has 3 aromatic carbocycles. The molecule has 4 aromatic rings. The monoisotopic (exact) mass is 513 g/mol. The van der Waals surface area contributed by atoms with Gasteiger partial charge in [-0.3, -0.25) is 4.79 Å². The van der Waals surface area contributed by atoms with Gasteiger partial charge in [-0.2, -0.15) is 0 Å². The number of hydrogen-bond acceptors (Lipinski definition) is 6. The van der Waals surface area contributed by atoms with Crippen molar-refractivity contribution in [2.75, 3.05) is 13.7 Å². The van der Waals surface area contributed by atoms with Crippen molar-refractivity contribution in [3.63, 3.8) is 0 Å². The Hall–Kier alpha value is -3.61. The third kappa shape index (κ3) is 6.44. The fourth-order valence-electron chi connectivity index (χ4n) is 4.82. The summed E-state index contributed by atoms with van der Waals surface area (Å²) in [5.41, 5.74) is 12.9. The third-order valence-corrected chi connectivity index (χ3v) is 6.90. The van der Waals surface area contributed by atoms with Gasteiger partial charge >= 0.3 is 5.97 Å². The highest BCUT2D eigenvalue weighted by atomic mass is 16.6. The molecule has 0 saturated heterocycles. The third-order valence-electron chi connectivity index (χ3n) is 6.90. The SMILES string of the molecule is COCC(C)OC(=O)Cc1ccc(CC2CC2)cc1OCc1cc(-c2cccc(CN)c2)c2occc2c1. The van der Waals surface area contributed by atoms with Gasteiger partial charge in [0.05, 0.1) is 19.3 Å². The van der Waals surface area contributed by atoms with E-state index in [9.17, 15) is 4.79 Å². The van der Waals surface area contributed by atoms with E-state index in [1.165, 1.54) is 18.4 Å². The van der Waals surface area contributed by atoms with Gasteiger partial charge in [-0.25, -0.2) is 0 Å². The maximum atomic E-state index is 12.6. The van der Waals surface area contributed by atoms with Gasteiger partial charge in [0.1, 0.15) is 24.0 Å². The quantitative estimate of drug-likeness (QED) is 0.227. The smallest absolute Gasteiger partial charge is 0.310 e. The number of hydrogen-bond donors (Lipinski definition) is 1. The second-order valence-electron chi connectivity index (χ2n) is 10.2. The van der Waals surface area contributed by atoms with Crippen LogP contribution in [0.15, 0.2) is 71.3 Å². The lowest BCUT2D eigenvalue weighted by atomic mass is 9.99. The lowest BCUT2D eigenvalue weighted by molar-refractivity contribution is -0.149. The molecule has 1 atom stereocenters. The summed E-state index contributed by atoms with van der Waals surface area (Å²) in [7, 11) is 1.59. The molecule has 0 bridgehead atoms. The van der Waals surface area contributed by atoms with Crippen LogP contribution in [0.2, 0.25) is 0 Å². The number of methoxy groups -OCH3 is 1. The van der Waals surface area contributed by atoms with Gasteiger partial charge in [-0.05, 0) is 84.7 Å². The van der Waals surface area contributed by atoms with Crippen molar-refractivity contribution in [2.24, 2.45) is 11.7 Å². The molecule has 5 rings (SSSR count). The van der Waals surface area contributed by atoms with E-state index in [4.69, 9.17) is 24.4 Å². The fourth-order valence-corrected chi connectivity index (χ4v) is 4.82. The molecule has 198 valence electrons. The van der Waals surface area contributed by atoms with Crippen LogP contribution in [-0.2, 0) is 40.3 Å². The Morgan fingerprint density at radius 2 is 1.92 bits per heavy atom. The standard InChI is InChI=1S/C32H35NO5/c1-21(19-35-2)38-31(34)17-27-9-8-23(12-22-6-7-22)16-30(27)37-20-25-14-28-10-11-36-32(28)29(15-25)26-5-3-4-24(13-26)18-33/h3-5,8-11,13-16,21-22H,6-7,12,17-20,33H2,1-2H3. The molecule has 1 aromatic heterocycles. The highest BCUT2D eigenvalue weighted by Crippen LogP contribution is 2.35. The molecule has 1 heterocycles. The minimum absolute atomic E-state index is 0.144. The molecule has 38 heavy (non-hydrogen) atoms. The van der Waals surface area contributed by atoms with Crippen LogP contribution in [-0.4, -0.2) is 25.8 Å². The predicted octanol–water partition coefficient (Wildman–Crippen LogP) is 6.21. The molecular formula is C32H35NO5. The normalized spacial score (nSPS) is 14.0. The first-order valence-corrected chi connectivity index (χ1v) is 13.2. The summed E-state index contributed by atoms with van der Waals surface area (Å²) >= 11 is 0. The molecule has 0 spiro atoms. The molecule has 1 unspecified atom stereocenters. The van der Waals surface area contributed by atoms with Crippen LogP contribution in [0, 0.1) is 5.92 Å². The van der Waals surface area contributed by atoms with Crippen LogP contribution < -0.4 is 10.5 Å². The van der Waals surface area contributed by atoms with Gasteiger partial charge in [0.25, 0.3) is 0 Å². The van der Waals surface area contributed by atoms with Gasteiger partial charge in [0, 0.05) is 30.2 Å². The molecular weight excluding hydrogens is 478 g/mol. The molecule has 1 aliphatic carbocycles. The zero-order valence-corrected chi connectivity index (χ0v) is 22.1. The predicted molar refractivity (Wildman–Crippen MR) is 148 cm³/mol. The van der Waals surface area contributed by atoms with E-state index in [1.54, 1.807) is 13.4 Å². The van der Waals surface area contributed by atoms with E-state index in [0.717, 1.165) is 56.9 Å². The first-order chi connectivity index (χ1) is 18.5. The van der Waals surface area contributed by atoms with Crippen LogP contribution in [0.3, 0.4) is 0 Å². The van der Waals surface area contributed by atoms with Crippen molar-refractivity contribution in [2.45, 2.75) is 51.9 Å². The number of nitrogens with two attached hydrogens (primary N) is 1. The molecule has 2 N–H and O–H groups in total. The Morgan fingerprint density at radius 3 is 2.71 bits per heavy atom. The second kappa shape index (κ2) is 11.8. The number of rotatable bonds is 12. The molecule has 0 amide bonds. The van der Waals surface area contributed by atoms with Gasteiger partial charge in [-0.1, -0.05) is 30.3 Å². The van der Waals surface area contributed by atoms with E-state index in [1.807, 2.05) is 31.2 Å². The van der Waals surface area contributed by atoms with Gasteiger partial charge in [0.2, 0.25) is 0 Å². The van der Waals surface area contributed by atoms with Crippen molar-refractivity contribution in [1.29, 1.82) is 0 Å². The largest absolute Gasteiger partial charge is 0.489 e. The lowest BCUT2D eigenvalue weighted by Gasteiger charge is -2.16. The van der Waals surface area contributed by atoms with E-state index in [0.29, 0.717) is 19.8 Å². The average Bonchev–Trinajstić information content (AvgIpc) is 3.60. The molecule has 1 saturated carbocycles. The van der Waals surface area contributed by atoms with Crippen LogP contribution >= 0.6 is 0 Å². The number of carbonyl (C=O) groups excluding carboxylic acids is 1. The molecule has 0 radical (unpaired) electrons. The Balaban J connectivity index is 1.39. The molecule has 6 nitrogen and oxygen atoms in total. The number of furan rings is 1. The van der Waals surface area contributed by atoms with E-state index >= 15 is 0 Å². The Labute approximate surface area is 223 Å². The number of esters is 1. The zero-order chi connectivity index (χ0) is 26.5. The van der Waals surface area contributed by atoms with Crippen LogP contribution in [0.1, 0.15) is 42.0 Å². The minimum Gasteiger partial charge on any atom is -0.489 e. The maximum absolute atomic E-state index is 12.6. The van der Waals surface area contributed by atoms with Crippen LogP contribution in [0.25, 0.3) is 22.1 Å². The van der Waals surface area contributed by atoms with Crippen LogP contribution in [0.4, 0.5) is 0 Å². The lowest BCUT2D eigenvalue weighted by Crippen LogP contribution is -2.21. The first-order valence-electron chi connectivity index (χ1n) is 13.2. The fraction of sp³-hybridized carbons (Fsp3) is 0.344. The van der Waals surface area contributed by atoms with E-state index < -0.39 is 0 Å². The van der Waals surface area contributed by atoms with Crippen molar-refractivity contribution in [3.05, 3.63) is 89.2 Å². The minimum atomic E-state index is -0.302. The van der Waals surface area contributed by atoms with Crippen LogP contribution in [0.5, 0.6) is 5.75 Å². The summed E-state index contributed by atoms with van der Waals surface area (Å²) in [6, 6.07) is 20.5. The number of ether oxygens (including phenoxy) is 3. The molecule has 0 aliphatic heterocycles. The maximum Gasteiger partial charge on any atom is 0.310 e. The van der Waals surface area contributed by atoms with Gasteiger partial charge in [0.15, 0.2) is 0 Å². The molecule has 6 heteroatoms. The zero-order valence-electron chi connectivity index (χ0n) is 22.1. The summed E-state index contributed by atoms with van der Waals surface area (Å²) in [6.07, 6.45) is 5.14. The van der Waals surface area contributed by atoms with E-state index in [2.05, 4.69) is 36.4 Å². The Morgan fingerprint density at radius 1 is 1.05 bits per heavy atom. The average molecular weight is 514 g/mol. The number of carbonyl (C=O) groups is 1. The summed E-state index contributed by atoms with van der Waals surface area (Å²) in [6.45, 7) is 3.02.